The van der Waals surface area contributed by atoms with Crippen molar-refractivity contribution in [3.05, 3.63) is 53.6 Å². The van der Waals surface area contributed by atoms with Crippen molar-refractivity contribution in [2.24, 2.45) is 7.05 Å². The van der Waals surface area contributed by atoms with Gasteiger partial charge in [0.15, 0.2) is 5.78 Å². The topological polar surface area (TPSA) is 61.2 Å². The van der Waals surface area contributed by atoms with Gasteiger partial charge in [-0.3, -0.25) is 9.78 Å². The van der Waals surface area contributed by atoms with Crippen molar-refractivity contribution in [2.45, 2.75) is 26.4 Å². The summed E-state index contributed by atoms with van der Waals surface area (Å²) in [4.78, 5) is 27.5. The Bertz CT molecular complexity index is 647. The van der Waals surface area contributed by atoms with E-state index in [1.54, 1.807) is 36.3 Å². The second-order valence-electron chi connectivity index (χ2n) is 5.06. The largest absolute Gasteiger partial charge is 0.458 e. The lowest BCUT2D eigenvalue weighted by atomic mass is 10.1. The molecule has 2 aromatic heterocycles. The molecule has 0 amide bonds. The third-order valence-corrected chi connectivity index (χ3v) is 3.17. The number of nitrogens with zero attached hydrogens (tertiary/aromatic N) is 2. The normalized spacial score (nSPS) is 12.0. The first-order valence-corrected chi connectivity index (χ1v) is 6.74. The first kappa shape index (κ1) is 15.0. The van der Waals surface area contributed by atoms with Gasteiger partial charge in [-0.25, -0.2) is 4.79 Å². The van der Waals surface area contributed by atoms with Crippen molar-refractivity contribution in [1.82, 2.24) is 9.55 Å². The molecule has 2 aromatic rings. The number of carbonyl (C=O) groups excluding carboxylic acids is 2. The predicted octanol–water partition coefficient (Wildman–Crippen LogP) is 2.41. The molecule has 0 bridgehead atoms. The number of Topliss-reactive ketones (excluding diaryl/α,β-unsaturated/α-hetero) is 1. The number of carbonyl (C=O) groups is 2. The fourth-order valence-corrected chi connectivity index (χ4v) is 2.10. The zero-order valence-electron chi connectivity index (χ0n) is 12.4. The molecule has 0 saturated heterocycles. The zero-order valence-corrected chi connectivity index (χ0v) is 12.4. The quantitative estimate of drug-likeness (QED) is 0.625. The number of aryl methyl sites for hydroxylation is 1. The molecule has 0 aromatic carbocycles. The summed E-state index contributed by atoms with van der Waals surface area (Å²) in [5.41, 5.74) is 1.89. The van der Waals surface area contributed by atoms with E-state index in [0.29, 0.717) is 17.7 Å². The van der Waals surface area contributed by atoms with Gasteiger partial charge in [-0.2, -0.15) is 0 Å². The molecule has 1 atom stereocenters. The monoisotopic (exact) mass is 286 g/mol. The number of esters is 1. The number of ether oxygens (including phenoxy) is 1. The average molecular weight is 286 g/mol. The Morgan fingerprint density at radius 1 is 1.43 bits per heavy atom. The van der Waals surface area contributed by atoms with Crippen LogP contribution in [-0.4, -0.2) is 27.4 Å². The van der Waals surface area contributed by atoms with Crippen LogP contribution >= 0.6 is 0 Å². The smallest absolute Gasteiger partial charge is 0.355 e. The van der Waals surface area contributed by atoms with Gasteiger partial charge in [-0.1, -0.05) is 6.07 Å². The number of aromatic nitrogens is 2. The van der Waals surface area contributed by atoms with Crippen LogP contribution in [0.15, 0.2) is 36.8 Å². The van der Waals surface area contributed by atoms with Crippen molar-refractivity contribution < 1.29 is 14.3 Å². The molecule has 0 fully saturated rings. The van der Waals surface area contributed by atoms with E-state index in [-0.39, 0.29) is 11.9 Å². The standard InChI is InChI=1S/C16H18N2O3/c1-11(7-13-5-4-6-17-9-13)21-16(20)15-8-14(12(2)19)10-18(15)3/h4-6,8-11H,7H2,1-3H3. The fourth-order valence-electron chi connectivity index (χ4n) is 2.10. The molecule has 21 heavy (non-hydrogen) atoms. The van der Waals surface area contributed by atoms with Crippen LogP contribution in [0.5, 0.6) is 0 Å². The lowest BCUT2D eigenvalue weighted by molar-refractivity contribution is 0.0331. The van der Waals surface area contributed by atoms with Gasteiger partial charge < -0.3 is 9.30 Å². The van der Waals surface area contributed by atoms with Gasteiger partial charge >= 0.3 is 5.97 Å². The molecular formula is C16H18N2O3. The Kier molecular flexibility index (Phi) is 4.52. The molecule has 0 radical (unpaired) electrons. The Labute approximate surface area is 123 Å². The molecule has 2 heterocycles. The summed E-state index contributed by atoms with van der Waals surface area (Å²) in [5.74, 6) is -0.505. The molecule has 0 aliphatic heterocycles. The van der Waals surface area contributed by atoms with E-state index in [0.717, 1.165) is 5.56 Å². The maximum absolute atomic E-state index is 12.1. The van der Waals surface area contributed by atoms with Gasteiger partial charge in [0.2, 0.25) is 0 Å². The lowest BCUT2D eigenvalue weighted by Crippen LogP contribution is -2.19. The first-order valence-electron chi connectivity index (χ1n) is 6.74. The van der Waals surface area contributed by atoms with Crippen molar-refractivity contribution in [2.75, 3.05) is 0 Å². The Hall–Kier alpha value is -2.43. The highest BCUT2D eigenvalue weighted by Crippen LogP contribution is 2.12. The number of ketones is 1. The van der Waals surface area contributed by atoms with E-state index in [9.17, 15) is 9.59 Å². The zero-order chi connectivity index (χ0) is 15.4. The maximum atomic E-state index is 12.1. The highest BCUT2D eigenvalue weighted by atomic mass is 16.5. The third-order valence-electron chi connectivity index (χ3n) is 3.17. The average Bonchev–Trinajstić information content (AvgIpc) is 2.82. The maximum Gasteiger partial charge on any atom is 0.355 e. The number of hydrogen-bond acceptors (Lipinski definition) is 4. The van der Waals surface area contributed by atoms with Crippen LogP contribution in [0.4, 0.5) is 0 Å². The van der Waals surface area contributed by atoms with Crippen LogP contribution in [0.1, 0.15) is 40.3 Å². The van der Waals surface area contributed by atoms with Gasteiger partial charge in [-0.15, -0.1) is 0 Å². The van der Waals surface area contributed by atoms with Gasteiger partial charge in [0.05, 0.1) is 0 Å². The molecule has 0 N–H and O–H groups in total. The third kappa shape index (κ3) is 3.78. The highest BCUT2D eigenvalue weighted by molar-refractivity contribution is 5.97. The minimum absolute atomic E-state index is 0.0759. The molecular weight excluding hydrogens is 268 g/mol. The van der Waals surface area contributed by atoms with Crippen LogP contribution < -0.4 is 0 Å². The van der Waals surface area contributed by atoms with Crippen molar-refractivity contribution >= 4 is 11.8 Å². The number of hydrogen-bond donors (Lipinski definition) is 0. The second kappa shape index (κ2) is 6.35. The number of rotatable bonds is 5. The Morgan fingerprint density at radius 3 is 2.76 bits per heavy atom. The van der Waals surface area contributed by atoms with Crippen LogP contribution in [0.2, 0.25) is 0 Å². The molecule has 0 aliphatic carbocycles. The second-order valence-corrected chi connectivity index (χ2v) is 5.06. The summed E-state index contributed by atoms with van der Waals surface area (Å²) >= 11 is 0. The highest BCUT2D eigenvalue weighted by Gasteiger charge is 2.17. The van der Waals surface area contributed by atoms with E-state index in [4.69, 9.17) is 4.74 Å². The molecule has 5 nitrogen and oxygen atoms in total. The summed E-state index contributed by atoms with van der Waals surface area (Å²) in [6.07, 6.45) is 5.42. The SMILES string of the molecule is CC(=O)c1cc(C(=O)OC(C)Cc2cccnc2)n(C)c1. The minimum Gasteiger partial charge on any atom is -0.458 e. The van der Waals surface area contributed by atoms with E-state index >= 15 is 0 Å². The predicted molar refractivity (Wildman–Crippen MR) is 78.2 cm³/mol. The minimum atomic E-state index is -0.429. The van der Waals surface area contributed by atoms with E-state index < -0.39 is 5.97 Å². The molecule has 0 spiro atoms. The van der Waals surface area contributed by atoms with Crippen LogP contribution in [0, 0.1) is 0 Å². The molecule has 0 aliphatic rings. The summed E-state index contributed by atoms with van der Waals surface area (Å²) in [6.45, 7) is 3.30. The fraction of sp³-hybridized carbons (Fsp3) is 0.312. The summed E-state index contributed by atoms with van der Waals surface area (Å²) in [7, 11) is 1.72. The Balaban J connectivity index is 2.02. The molecule has 110 valence electrons. The first-order chi connectivity index (χ1) is 9.97. The lowest BCUT2D eigenvalue weighted by Gasteiger charge is -2.13. The van der Waals surface area contributed by atoms with Gasteiger partial charge in [0.25, 0.3) is 0 Å². The summed E-state index contributed by atoms with van der Waals surface area (Å²) in [5, 5.41) is 0. The van der Waals surface area contributed by atoms with E-state index in [1.807, 2.05) is 19.1 Å². The summed E-state index contributed by atoms with van der Waals surface area (Å²) in [6, 6.07) is 5.34. The molecule has 5 heteroatoms. The van der Waals surface area contributed by atoms with Crippen LogP contribution in [-0.2, 0) is 18.2 Å². The number of pyridine rings is 1. The van der Waals surface area contributed by atoms with E-state index in [2.05, 4.69) is 4.98 Å². The molecule has 0 saturated carbocycles. The van der Waals surface area contributed by atoms with Crippen molar-refractivity contribution in [3.63, 3.8) is 0 Å². The molecule has 1 unspecified atom stereocenters. The molecule has 2 rings (SSSR count). The van der Waals surface area contributed by atoms with Gasteiger partial charge in [-0.05, 0) is 31.5 Å². The van der Waals surface area contributed by atoms with Crippen LogP contribution in [0.3, 0.4) is 0 Å². The van der Waals surface area contributed by atoms with Gasteiger partial charge in [0, 0.05) is 37.6 Å². The van der Waals surface area contributed by atoms with Crippen LogP contribution in [0.25, 0.3) is 0 Å². The summed E-state index contributed by atoms with van der Waals surface area (Å²) < 4.78 is 7.02. The van der Waals surface area contributed by atoms with Crippen molar-refractivity contribution in [3.8, 4) is 0 Å². The van der Waals surface area contributed by atoms with Gasteiger partial charge in [0.1, 0.15) is 11.8 Å². The van der Waals surface area contributed by atoms with Crippen molar-refractivity contribution in [1.29, 1.82) is 0 Å². The van der Waals surface area contributed by atoms with E-state index in [1.165, 1.54) is 6.92 Å². The Morgan fingerprint density at radius 2 is 2.19 bits per heavy atom.